The minimum Gasteiger partial charge on any atom is -0.480 e. The topological polar surface area (TPSA) is 84.2 Å². The fourth-order valence-electron chi connectivity index (χ4n) is 2.22. The van der Waals surface area contributed by atoms with E-state index in [0.717, 1.165) is 11.3 Å². The zero-order valence-corrected chi connectivity index (χ0v) is 14.1. The van der Waals surface area contributed by atoms with Crippen molar-refractivity contribution in [2.24, 2.45) is 0 Å². The summed E-state index contributed by atoms with van der Waals surface area (Å²) in [5.74, 6) is -1.46. The number of carbonyl (C=O) groups excluding carboxylic acids is 1. The number of hydrogen-bond donors (Lipinski definition) is 2. The lowest BCUT2D eigenvalue weighted by Crippen LogP contribution is -2.30. The van der Waals surface area contributed by atoms with Crippen LogP contribution in [-0.4, -0.2) is 33.3 Å². The fourth-order valence-corrected chi connectivity index (χ4v) is 2.70. The van der Waals surface area contributed by atoms with Gasteiger partial charge in [0.1, 0.15) is 6.54 Å². The van der Waals surface area contributed by atoms with Crippen LogP contribution in [0.3, 0.4) is 0 Å². The SMILES string of the molecule is Cc1nn(-c2ccc(Cl)cc2Cl)c(C)c1CC(=O)NCC(=O)O. The van der Waals surface area contributed by atoms with E-state index in [0.29, 0.717) is 21.4 Å². The van der Waals surface area contributed by atoms with Crippen LogP contribution in [0.2, 0.25) is 10.0 Å². The number of halogens is 2. The number of carboxylic acid groups (broad SMARTS) is 1. The number of carboxylic acids is 1. The van der Waals surface area contributed by atoms with Gasteiger partial charge in [-0.05, 0) is 32.0 Å². The van der Waals surface area contributed by atoms with Crippen molar-refractivity contribution < 1.29 is 14.7 Å². The molecule has 2 aromatic rings. The number of nitrogens with zero attached hydrogens (tertiary/aromatic N) is 2. The number of aryl methyl sites for hydroxylation is 1. The highest BCUT2D eigenvalue weighted by Gasteiger charge is 2.17. The summed E-state index contributed by atoms with van der Waals surface area (Å²) in [5, 5.41) is 16.3. The molecule has 0 aliphatic carbocycles. The molecule has 0 bridgehead atoms. The fraction of sp³-hybridized carbons (Fsp3) is 0.267. The Kier molecular flexibility index (Phi) is 5.28. The first-order valence-corrected chi connectivity index (χ1v) is 7.54. The van der Waals surface area contributed by atoms with Crippen molar-refractivity contribution >= 4 is 35.1 Å². The maximum Gasteiger partial charge on any atom is 0.322 e. The highest BCUT2D eigenvalue weighted by atomic mass is 35.5. The molecule has 0 fully saturated rings. The molecular formula is C15H15Cl2N3O3. The number of rotatable bonds is 5. The Hall–Kier alpha value is -2.05. The van der Waals surface area contributed by atoms with Gasteiger partial charge in [-0.1, -0.05) is 23.2 Å². The van der Waals surface area contributed by atoms with Gasteiger partial charge in [0.25, 0.3) is 0 Å². The molecule has 1 aromatic heterocycles. The molecule has 1 heterocycles. The third-order valence-electron chi connectivity index (χ3n) is 3.35. The summed E-state index contributed by atoms with van der Waals surface area (Å²) >= 11 is 12.1. The molecule has 8 heteroatoms. The summed E-state index contributed by atoms with van der Waals surface area (Å²) < 4.78 is 1.65. The molecule has 2 rings (SSSR count). The van der Waals surface area contributed by atoms with Crippen molar-refractivity contribution in [3.8, 4) is 5.69 Å². The van der Waals surface area contributed by atoms with Crippen LogP contribution in [0.4, 0.5) is 0 Å². The highest BCUT2D eigenvalue weighted by molar-refractivity contribution is 6.35. The average molecular weight is 356 g/mol. The van der Waals surface area contributed by atoms with Crippen LogP contribution in [0, 0.1) is 13.8 Å². The molecule has 1 aromatic carbocycles. The number of nitrogens with one attached hydrogen (secondary N) is 1. The number of hydrogen-bond acceptors (Lipinski definition) is 3. The first kappa shape index (κ1) is 17.3. The predicted octanol–water partition coefficient (Wildman–Crippen LogP) is 2.54. The Labute approximate surface area is 143 Å². The lowest BCUT2D eigenvalue weighted by atomic mass is 10.1. The van der Waals surface area contributed by atoms with Crippen LogP contribution in [0.1, 0.15) is 17.0 Å². The summed E-state index contributed by atoms with van der Waals surface area (Å²) in [6, 6.07) is 5.07. The van der Waals surface area contributed by atoms with Crippen LogP contribution in [0.5, 0.6) is 0 Å². The largest absolute Gasteiger partial charge is 0.480 e. The highest BCUT2D eigenvalue weighted by Crippen LogP contribution is 2.27. The van der Waals surface area contributed by atoms with Gasteiger partial charge >= 0.3 is 5.97 Å². The maximum absolute atomic E-state index is 11.8. The standard InChI is InChI=1S/C15H15Cl2N3O3/c1-8-11(6-14(21)18-7-15(22)23)9(2)20(19-8)13-4-3-10(16)5-12(13)17/h3-5H,6-7H2,1-2H3,(H,18,21)(H,22,23). The zero-order chi connectivity index (χ0) is 17.1. The Bertz CT molecular complexity index is 772. The van der Waals surface area contributed by atoms with Gasteiger partial charge in [-0.15, -0.1) is 0 Å². The van der Waals surface area contributed by atoms with Crippen LogP contribution < -0.4 is 5.32 Å². The van der Waals surface area contributed by atoms with Gasteiger partial charge in [-0.3, -0.25) is 9.59 Å². The van der Waals surface area contributed by atoms with E-state index >= 15 is 0 Å². The quantitative estimate of drug-likeness (QED) is 0.862. The van der Waals surface area contributed by atoms with Gasteiger partial charge in [-0.2, -0.15) is 5.10 Å². The third-order valence-corrected chi connectivity index (χ3v) is 3.89. The molecular weight excluding hydrogens is 341 g/mol. The third kappa shape index (κ3) is 4.03. The molecule has 0 radical (unpaired) electrons. The smallest absolute Gasteiger partial charge is 0.322 e. The minimum absolute atomic E-state index is 0.0517. The van der Waals surface area contributed by atoms with Crippen molar-refractivity contribution in [2.45, 2.75) is 20.3 Å². The number of aromatic nitrogens is 2. The molecule has 1 amide bonds. The van der Waals surface area contributed by atoms with Crippen molar-refractivity contribution in [2.75, 3.05) is 6.54 Å². The molecule has 0 spiro atoms. The summed E-state index contributed by atoms with van der Waals surface area (Å²) in [6.45, 7) is 3.20. The van der Waals surface area contributed by atoms with E-state index in [-0.39, 0.29) is 12.3 Å². The predicted molar refractivity (Wildman–Crippen MR) is 87.4 cm³/mol. The van der Waals surface area contributed by atoms with E-state index in [1.165, 1.54) is 0 Å². The minimum atomic E-state index is -1.09. The Balaban J connectivity index is 2.29. The second kappa shape index (κ2) is 7.02. The average Bonchev–Trinajstić information content (AvgIpc) is 2.73. The van der Waals surface area contributed by atoms with Gasteiger partial charge in [0.2, 0.25) is 5.91 Å². The lowest BCUT2D eigenvalue weighted by Gasteiger charge is -2.08. The number of amides is 1. The van der Waals surface area contributed by atoms with Crippen LogP contribution in [0.15, 0.2) is 18.2 Å². The van der Waals surface area contributed by atoms with Crippen molar-refractivity contribution in [1.29, 1.82) is 0 Å². The molecule has 23 heavy (non-hydrogen) atoms. The van der Waals surface area contributed by atoms with Gasteiger partial charge in [0, 0.05) is 16.3 Å². The van der Waals surface area contributed by atoms with Gasteiger partial charge in [0.05, 0.1) is 22.8 Å². The van der Waals surface area contributed by atoms with Crippen molar-refractivity contribution in [3.63, 3.8) is 0 Å². The van der Waals surface area contributed by atoms with E-state index in [2.05, 4.69) is 10.4 Å². The van der Waals surface area contributed by atoms with E-state index in [1.807, 2.05) is 6.92 Å². The van der Waals surface area contributed by atoms with Crippen LogP contribution >= 0.6 is 23.2 Å². The number of carbonyl (C=O) groups is 2. The summed E-state index contributed by atoms with van der Waals surface area (Å²) in [4.78, 5) is 22.3. The number of aliphatic carboxylic acids is 1. The summed E-state index contributed by atoms with van der Waals surface area (Å²) in [6.07, 6.45) is 0.0517. The van der Waals surface area contributed by atoms with E-state index < -0.39 is 12.5 Å². The molecule has 2 N–H and O–H groups in total. The Morgan fingerprint density at radius 1 is 1.30 bits per heavy atom. The van der Waals surface area contributed by atoms with Crippen LogP contribution in [-0.2, 0) is 16.0 Å². The molecule has 0 saturated heterocycles. The molecule has 0 aliphatic rings. The van der Waals surface area contributed by atoms with Gasteiger partial charge in [0.15, 0.2) is 0 Å². The number of benzene rings is 1. The maximum atomic E-state index is 11.8. The summed E-state index contributed by atoms with van der Waals surface area (Å²) in [5.41, 5.74) is 2.84. The van der Waals surface area contributed by atoms with Crippen molar-refractivity contribution in [1.82, 2.24) is 15.1 Å². The Morgan fingerprint density at radius 3 is 2.61 bits per heavy atom. The van der Waals surface area contributed by atoms with Gasteiger partial charge < -0.3 is 10.4 Å². The molecule has 0 saturated carbocycles. The molecule has 0 aliphatic heterocycles. The molecule has 0 unspecified atom stereocenters. The Morgan fingerprint density at radius 2 is 2.00 bits per heavy atom. The van der Waals surface area contributed by atoms with E-state index in [9.17, 15) is 9.59 Å². The molecule has 122 valence electrons. The van der Waals surface area contributed by atoms with Crippen LogP contribution in [0.25, 0.3) is 5.69 Å². The molecule has 0 atom stereocenters. The second-order valence-corrected chi connectivity index (χ2v) is 5.85. The molecule has 6 nitrogen and oxygen atoms in total. The lowest BCUT2D eigenvalue weighted by molar-refractivity contribution is -0.137. The summed E-state index contributed by atoms with van der Waals surface area (Å²) in [7, 11) is 0. The second-order valence-electron chi connectivity index (χ2n) is 5.00. The zero-order valence-electron chi connectivity index (χ0n) is 12.6. The first-order chi connectivity index (χ1) is 10.8. The van der Waals surface area contributed by atoms with E-state index in [4.69, 9.17) is 28.3 Å². The monoisotopic (exact) mass is 355 g/mol. The van der Waals surface area contributed by atoms with Gasteiger partial charge in [-0.25, -0.2) is 4.68 Å². The van der Waals surface area contributed by atoms with E-state index in [1.54, 1.807) is 29.8 Å². The van der Waals surface area contributed by atoms with Crippen molar-refractivity contribution in [3.05, 3.63) is 45.2 Å². The first-order valence-electron chi connectivity index (χ1n) is 6.78. The normalized spacial score (nSPS) is 10.6.